The molecule has 0 unspecified atom stereocenters. The number of esters is 1. The van der Waals surface area contributed by atoms with E-state index in [1.165, 1.54) is 0 Å². The van der Waals surface area contributed by atoms with Crippen molar-refractivity contribution in [3.63, 3.8) is 0 Å². The second-order valence-electron chi connectivity index (χ2n) is 2.99. The van der Waals surface area contributed by atoms with Crippen LogP contribution in [0.3, 0.4) is 0 Å². The summed E-state index contributed by atoms with van der Waals surface area (Å²) in [4.78, 5) is 17.4. The molecule has 0 fully saturated rings. The Balaban J connectivity index is 3.00. The van der Waals surface area contributed by atoms with E-state index in [-0.39, 0.29) is 5.97 Å². The highest BCUT2D eigenvalue weighted by atomic mass is 16.5. The molecule has 0 saturated carbocycles. The molecular formula is C10H14N2O2. The van der Waals surface area contributed by atoms with Gasteiger partial charge < -0.3 is 9.64 Å². The molecule has 0 saturated heterocycles. The van der Waals surface area contributed by atoms with Crippen LogP contribution in [0, 0.1) is 0 Å². The van der Waals surface area contributed by atoms with E-state index in [1.807, 2.05) is 14.1 Å². The molecule has 14 heavy (non-hydrogen) atoms. The molecule has 1 aromatic heterocycles. The monoisotopic (exact) mass is 194 g/mol. The minimum absolute atomic E-state index is 0.329. The summed E-state index contributed by atoms with van der Waals surface area (Å²) < 4.78 is 4.91. The first-order chi connectivity index (χ1) is 6.66. The van der Waals surface area contributed by atoms with Gasteiger partial charge in [0.1, 0.15) is 11.4 Å². The first kappa shape index (κ1) is 10.5. The average molecular weight is 194 g/mol. The van der Waals surface area contributed by atoms with Gasteiger partial charge in [-0.2, -0.15) is 0 Å². The Kier molecular flexibility index (Phi) is 3.45. The van der Waals surface area contributed by atoms with Crippen molar-refractivity contribution in [2.24, 2.45) is 0 Å². The van der Waals surface area contributed by atoms with E-state index in [0.29, 0.717) is 18.0 Å². The smallest absolute Gasteiger partial charge is 0.341 e. The molecule has 1 rings (SSSR count). The van der Waals surface area contributed by atoms with Crippen LogP contribution in [0.5, 0.6) is 0 Å². The SMILES string of the molecule is CCOC(=O)c1cccnc1N(C)C. The van der Waals surface area contributed by atoms with Crippen molar-refractivity contribution in [3.05, 3.63) is 23.9 Å². The van der Waals surface area contributed by atoms with Crippen LogP contribution in [-0.4, -0.2) is 31.7 Å². The number of pyridine rings is 1. The molecule has 0 aliphatic heterocycles. The largest absolute Gasteiger partial charge is 0.462 e. The second kappa shape index (κ2) is 4.60. The van der Waals surface area contributed by atoms with Crippen molar-refractivity contribution in [2.45, 2.75) is 6.92 Å². The third-order valence-electron chi connectivity index (χ3n) is 1.71. The summed E-state index contributed by atoms with van der Waals surface area (Å²) in [6, 6.07) is 3.43. The van der Waals surface area contributed by atoms with Crippen LogP contribution in [0.25, 0.3) is 0 Å². The van der Waals surface area contributed by atoms with Gasteiger partial charge in [0.05, 0.1) is 6.61 Å². The van der Waals surface area contributed by atoms with Crippen molar-refractivity contribution in [2.75, 3.05) is 25.6 Å². The van der Waals surface area contributed by atoms with E-state index in [1.54, 1.807) is 30.2 Å². The summed E-state index contributed by atoms with van der Waals surface area (Å²) in [6.45, 7) is 2.16. The lowest BCUT2D eigenvalue weighted by Crippen LogP contribution is -2.16. The number of ether oxygens (including phenoxy) is 1. The Morgan fingerprint density at radius 3 is 2.86 bits per heavy atom. The van der Waals surface area contributed by atoms with Gasteiger partial charge in [0.25, 0.3) is 0 Å². The number of rotatable bonds is 3. The lowest BCUT2D eigenvalue weighted by atomic mass is 10.2. The molecular weight excluding hydrogens is 180 g/mol. The van der Waals surface area contributed by atoms with Gasteiger partial charge in [-0.15, -0.1) is 0 Å². The Morgan fingerprint density at radius 1 is 1.57 bits per heavy atom. The predicted molar refractivity (Wildman–Crippen MR) is 54.5 cm³/mol. The van der Waals surface area contributed by atoms with Crippen molar-refractivity contribution in [1.82, 2.24) is 4.98 Å². The van der Waals surface area contributed by atoms with Gasteiger partial charge in [-0.3, -0.25) is 0 Å². The van der Waals surface area contributed by atoms with E-state index in [9.17, 15) is 4.79 Å². The Morgan fingerprint density at radius 2 is 2.29 bits per heavy atom. The summed E-state index contributed by atoms with van der Waals surface area (Å²) in [5.41, 5.74) is 0.499. The van der Waals surface area contributed by atoms with Crippen LogP contribution in [-0.2, 0) is 4.74 Å². The molecule has 76 valence electrons. The van der Waals surface area contributed by atoms with Gasteiger partial charge in [0.2, 0.25) is 0 Å². The highest BCUT2D eigenvalue weighted by Crippen LogP contribution is 2.15. The Labute approximate surface area is 83.5 Å². The van der Waals surface area contributed by atoms with Gasteiger partial charge in [-0.1, -0.05) is 0 Å². The predicted octanol–water partition coefficient (Wildman–Crippen LogP) is 1.32. The average Bonchev–Trinajstić information content (AvgIpc) is 2.18. The first-order valence-electron chi connectivity index (χ1n) is 4.46. The van der Waals surface area contributed by atoms with Crippen LogP contribution in [0.15, 0.2) is 18.3 Å². The fourth-order valence-electron chi connectivity index (χ4n) is 1.12. The van der Waals surface area contributed by atoms with Gasteiger partial charge in [-0.25, -0.2) is 9.78 Å². The molecule has 1 heterocycles. The molecule has 0 amide bonds. The highest BCUT2D eigenvalue weighted by Gasteiger charge is 2.13. The van der Waals surface area contributed by atoms with E-state index in [0.717, 1.165) is 0 Å². The standard InChI is InChI=1S/C10H14N2O2/c1-4-14-10(13)8-6-5-7-11-9(8)12(2)3/h5-7H,4H2,1-3H3. The third-order valence-corrected chi connectivity index (χ3v) is 1.71. The van der Waals surface area contributed by atoms with Crippen LogP contribution in [0.2, 0.25) is 0 Å². The van der Waals surface area contributed by atoms with E-state index < -0.39 is 0 Å². The lowest BCUT2D eigenvalue weighted by Gasteiger charge is -2.14. The third kappa shape index (κ3) is 2.22. The molecule has 4 nitrogen and oxygen atoms in total. The fourth-order valence-corrected chi connectivity index (χ4v) is 1.12. The number of nitrogens with zero attached hydrogens (tertiary/aromatic N) is 2. The summed E-state index contributed by atoms with van der Waals surface area (Å²) in [5, 5.41) is 0. The molecule has 4 heteroatoms. The normalized spacial score (nSPS) is 9.64. The molecule has 0 spiro atoms. The number of hydrogen-bond acceptors (Lipinski definition) is 4. The Hall–Kier alpha value is -1.58. The number of anilines is 1. The van der Waals surface area contributed by atoms with E-state index in [4.69, 9.17) is 4.74 Å². The van der Waals surface area contributed by atoms with Crippen molar-refractivity contribution >= 4 is 11.8 Å². The van der Waals surface area contributed by atoms with Crippen LogP contribution in [0.4, 0.5) is 5.82 Å². The summed E-state index contributed by atoms with van der Waals surface area (Å²) in [6.07, 6.45) is 1.65. The van der Waals surface area contributed by atoms with Gasteiger partial charge >= 0.3 is 5.97 Å². The maximum absolute atomic E-state index is 11.5. The molecule has 0 bridgehead atoms. The molecule has 0 radical (unpaired) electrons. The van der Waals surface area contributed by atoms with Crippen LogP contribution >= 0.6 is 0 Å². The minimum atomic E-state index is -0.329. The van der Waals surface area contributed by atoms with Crippen molar-refractivity contribution < 1.29 is 9.53 Å². The van der Waals surface area contributed by atoms with Gasteiger partial charge in [0.15, 0.2) is 0 Å². The molecule has 1 aromatic rings. The molecule has 0 aliphatic rings. The summed E-state index contributed by atoms with van der Waals surface area (Å²) in [5.74, 6) is 0.301. The van der Waals surface area contributed by atoms with Crippen molar-refractivity contribution in [3.8, 4) is 0 Å². The Bertz CT molecular complexity index is 324. The number of aromatic nitrogens is 1. The highest BCUT2D eigenvalue weighted by molar-refractivity contribution is 5.94. The zero-order chi connectivity index (χ0) is 10.6. The summed E-state index contributed by atoms with van der Waals surface area (Å²) >= 11 is 0. The van der Waals surface area contributed by atoms with Crippen LogP contribution < -0.4 is 4.90 Å². The quantitative estimate of drug-likeness (QED) is 0.681. The van der Waals surface area contributed by atoms with Crippen LogP contribution in [0.1, 0.15) is 17.3 Å². The van der Waals surface area contributed by atoms with E-state index >= 15 is 0 Å². The summed E-state index contributed by atoms with van der Waals surface area (Å²) in [7, 11) is 3.68. The number of hydrogen-bond donors (Lipinski definition) is 0. The zero-order valence-corrected chi connectivity index (χ0v) is 8.65. The zero-order valence-electron chi connectivity index (χ0n) is 8.65. The first-order valence-corrected chi connectivity index (χ1v) is 4.46. The van der Waals surface area contributed by atoms with Gasteiger partial charge in [0, 0.05) is 20.3 Å². The second-order valence-corrected chi connectivity index (χ2v) is 2.99. The van der Waals surface area contributed by atoms with E-state index in [2.05, 4.69) is 4.98 Å². The van der Waals surface area contributed by atoms with Crippen molar-refractivity contribution in [1.29, 1.82) is 0 Å². The van der Waals surface area contributed by atoms with Gasteiger partial charge in [-0.05, 0) is 19.1 Å². The number of carbonyl (C=O) groups is 1. The lowest BCUT2D eigenvalue weighted by molar-refractivity contribution is 0.0527. The fraction of sp³-hybridized carbons (Fsp3) is 0.400. The minimum Gasteiger partial charge on any atom is -0.462 e. The topological polar surface area (TPSA) is 42.4 Å². The number of carbonyl (C=O) groups excluding carboxylic acids is 1. The molecule has 0 aliphatic carbocycles. The maximum atomic E-state index is 11.5. The maximum Gasteiger partial charge on any atom is 0.341 e. The molecule has 0 aromatic carbocycles. The molecule has 0 atom stereocenters. The molecule has 0 N–H and O–H groups in total.